The normalized spacial score (nSPS) is 12.5. The summed E-state index contributed by atoms with van der Waals surface area (Å²) in [6.07, 6.45) is 2.07. The van der Waals surface area contributed by atoms with Gasteiger partial charge in [0.1, 0.15) is 0 Å². The number of carbonyl (C=O) groups is 1. The molecule has 0 saturated carbocycles. The molecule has 0 radical (unpaired) electrons. The molecule has 0 aliphatic rings. The van der Waals surface area contributed by atoms with Crippen LogP contribution in [-0.4, -0.2) is 17.8 Å². The van der Waals surface area contributed by atoms with Gasteiger partial charge in [-0.15, -0.1) is 11.6 Å². The van der Waals surface area contributed by atoms with Crippen molar-refractivity contribution in [1.29, 1.82) is 0 Å². The molecule has 1 rings (SSSR count). The highest BCUT2D eigenvalue weighted by Crippen LogP contribution is 2.20. The Kier molecular flexibility index (Phi) is 6.87. The van der Waals surface area contributed by atoms with E-state index in [2.05, 4.69) is 35.1 Å². The van der Waals surface area contributed by atoms with Crippen LogP contribution in [0.15, 0.2) is 22.7 Å². The van der Waals surface area contributed by atoms with Gasteiger partial charge in [-0.3, -0.25) is 4.79 Å². The van der Waals surface area contributed by atoms with E-state index in [1.165, 1.54) is 0 Å². The predicted molar refractivity (Wildman–Crippen MR) is 84.9 cm³/mol. The molecule has 4 heteroatoms. The van der Waals surface area contributed by atoms with Crippen LogP contribution in [0.4, 0.5) is 0 Å². The van der Waals surface area contributed by atoms with E-state index in [-0.39, 0.29) is 11.3 Å². The molecule has 0 bridgehead atoms. The molecule has 1 amide bonds. The zero-order valence-corrected chi connectivity index (χ0v) is 14.0. The Bertz CT molecular complexity index is 432. The molecule has 1 aromatic carbocycles. The maximum absolute atomic E-state index is 12.1. The molecule has 1 unspecified atom stereocenters. The van der Waals surface area contributed by atoms with Crippen LogP contribution >= 0.6 is 27.5 Å². The molecule has 19 heavy (non-hydrogen) atoms. The van der Waals surface area contributed by atoms with E-state index < -0.39 is 0 Å². The van der Waals surface area contributed by atoms with E-state index in [1.807, 2.05) is 25.1 Å². The minimum atomic E-state index is -0.0767. The summed E-state index contributed by atoms with van der Waals surface area (Å²) in [5.41, 5.74) is 1.73. The minimum absolute atomic E-state index is 0.0115. The topological polar surface area (TPSA) is 29.1 Å². The summed E-state index contributed by atoms with van der Waals surface area (Å²) in [5.74, 6) is 0.370. The van der Waals surface area contributed by atoms with Gasteiger partial charge in [0.25, 0.3) is 5.91 Å². The molecule has 0 fully saturated rings. The second-order valence-corrected chi connectivity index (χ2v) is 6.20. The summed E-state index contributed by atoms with van der Waals surface area (Å²) in [4.78, 5) is 12.1. The Balaban J connectivity index is 2.63. The van der Waals surface area contributed by atoms with Crippen LogP contribution in [0.2, 0.25) is 0 Å². The Morgan fingerprint density at radius 3 is 2.58 bits per heavy atom. The molecular weight excluding hydrogens is 326 g/mol. The molecule has 0 aliphatic heterocycles. The fourth-order valence-electron chi connectivity index (χ4n) is 2.07. The molecule has 106 valence electrons. The number of nitrogens with one attached hydrogen (secondary N) is 1. The quantitative estimate of drug-likeness (QED) is 0.753. The fourth-order valence-corrected chi connectivity index (χ4v) is 2.93. The number of halogens is 2. The lowest BCUT2D eigenvalue weighted by Gasteiger charge is -2.19. The lowest BCUT2D eigenvalue weighted by Crippen LogP contribution is -2.33. The van der Waals surface area contributed by atoms with Crippen molar-refractivity contribution in [3.05, 3.63) is 33.8 Å². The van der Waals surface area contributed by atoms with Crippen molar-refractivity contribution >= 4 is 33.4 Å². The second-order valence-electron chi connectivity index (χ2n) is 4.79. The van der Waals surface area contributed by atoms with Gasteiger partial charge in [-0.1, -0.05) is 38.3 Å². The van der Waals surface area contributed by atoms with Crippen molar-refractivity contribution in [3.8, 4) is 0 Å². The number of rotatable bonds is 6. The van der Waals surface area contributed by atoms with Crippen LogP contribution in [-0.2, 0) is 0 Å². The van der Waals surface area contributed by atoms with Crippen LogP contribution in [0.5, 0.6) is 0 Å². The van der Waals surface area contributed by atoms with Crippen molar-refractivity contribution in [3.63, 3.8) is 0 Å². The third-order valence-electron chi connectivity index (χ3n) is 3.38. The average Bonchev–Trinajstić information content (AvgIpc) is 2.40. The molecule has 0 spiro atoms. The summed E-state index contributed by atoms with van der Waals surface area (Å²) in [6.45, 7) is 6.73. The molecular formula is C15H21BrClNO. The number of alkyl halides is 1. The van der Waals surface area contributed by atoms with E-state index >= 15 is 0 Å². The Hall–Kier alpha value is -0.540. The Labute approximate surface area is 129 Å². The molecule has 0 saturated heterocycles. The van der Waals surface area contributed by atoms with Gasteiger partial charge in [-0.05, 0) is 40.9 Å². The van der Waals surface area contributed by atoms with Gasteiger partial charge in [-0.2, -0.15) is 0 Å². The van der Waals surface area contributed by atoms with Gasteiger partial charge in [0.2, 0.25) is 0 Å². The predicted octanol–water partition coefficient (Wildman–Crippen LogP) is 4.53. The first-order valence-electron chi connectivity index (χ1n) is 6.68. The van der Waals surface area contributed by atoms with Gasteiger partial charge in [-0.25, -0.2) is 0 Å². The maximum Gasteiger partial charge on any atom is 0.252 e. The largest absolute Gasteiger partial charge is 0.351 e. The van der Waals surface area contributed by atoms with E-state index in [9.17, 15) is 4.79 Å². The van der Waals surface area contributed by atoms with Crippen molar-refractivity contribution in [2.75, 3.05) is 6.54 Å². The van der Waals surface area contributed by atoms with Crippen LogP contribution in [0.3, 0.4) is 0 Å². The van der Waals surface area contributed by atoms with Crippen molar-refractivity contribution in [2.45, 2.75) is 39.0 Å². The number of aryl methyl sites for hydroxylation is 1. The van der Waals surface area contributed by atoms with Crippen LogP contribution in [0, 0.1) is 12.8 Å². The van der Waals surface area contributed by atoms with Crippen LogP contribution < -0.4 is 5.32 Å². The lowest BCUT2D eigenvalue weighted by atomic mass is 9.99. The molecule has 1 atom stereocenters. The third kappa shape index (κ3) is 4.81. The molecule has 0 aromatic heterocycles. The monoisotopic (exact) mass is 345 g/mol. The highest BCUT2D eigenvalue weighted by molar-refractivity contribution is 9.10. The molecule has 0 heterocycles. The van der Waals surface area contributed by atoms with E-state index in [1.54, 1.807) is 0 Å². The highest BCUT2D eigenvalue weighted by atomic mass is 79.9. The van der Waals surface area contributed by atoms with Crippen LogP contribution in [0.25, 0.3) is 0 Å². The average molecular weight is 347 g/mol. The first-order valence-corrected chi connectivity index (χ1v) is 7.90. The molecule has 0 aliphatic carbocycles. The number of benzene rings is 1. The van der Waals surface area contributed by atoms with E-state index in [4.69, 9.17) is 11.6 Å². The van der Waals surface area contributed by atoms with Crippen molar-refractivity contribution < 1.29 is 4.79 Å². The standard InChI is InChI=1S/C15H21BrClNO/c1-4-11(5-2)14(17)9-18-15(19)12-8-10(3)6-7-13(12)16/h6-8,11,14H,4-5,9H2,1-3H3,(H,18,19). The first-order chi connectivity index (χ1) is 8.99. The first kappa shape index (κ1) is 16.5. The van der Waals surface area contributed by atoms with Crippen molar-refractivity contribution in [2.24, 2.45) is 5.92 Å². The maximum atomic E-state index is 12.1. The molecule has 1 N–H and O–H groups in total. The second kappa shape index (κ2) is 7.91. The molecule has 2 nitrogen and oxygen atoms in total. The number of hydrogen-bond acceptors (Lipinski definition) is 1. The summed E-state index contributed by atoms with van der Waals surface area (Å²) < 4.78 is 0.809. The summed E-state index contributed by atoms with van der Waals surface area (Å²) >= 11 is 9.72. The zero-order chi connectivity index (χ0) is 14.4. The Morgan fingerprint density at radius 2 is 2.00 bits per heavy atom. The lowest BCUT2D eigenvalue weighted by molar-refractivity contribution is 0.0950. The summed E-state index contributed by atoms with van der Waals surface area (Å²) in [5, 5.41) is 2.90. The molecule has 1 aromatic rings. The summed E-state index contributed by atoms with van der Waals surface area (Å²) in [6, 6.07) is 5.73. The third-order valence-corrected chi connectivity index (χ3v) is 4.59. The SMILES string of the molecule is CCC(CC)C(Cl)CNC(=O)c1cc(C)ccc1Br. The van der Waals surface area contributed by atoms with Gasteiger partial charge in [0, 0.05) is 11.0 Å². The fraction of sp³-hybridized carbons (Fsp3) is 0.533. The summed E-state index contributed by atoms with van der Waals surface area (Å²) in [7, 11) is 0. The van der Waals surface area contributed by atoms with Crippen LogP contribution in [0.1, 0.15) is 42.6 Å². The number of carbonyl (C=O) groups excluding carboxylic acids is 1. The van der Waals surface area contributed by atoms with E-state index in [0.717, 1.165) is 22.9 Å². The number of amides is 1. The van der Waals surface area contributed by atoms with Gasteiger partial charge in [0.05, 0.1) is 10.9 Å². The number of hydrogen-bond donors (Lipinski definition) is 1. The van der Waals surface area contributed by atoms with Gasteiger partial charge >= 0.3 is 0 Å². The Morgan fingerprint density at radius 1 is 1.37 bits per heavy atom. The zero-order valence-electron chi connectivity index (χ0n) is 11.7. The smallest absolute Gasteiger partial charge is 0.252 e. The van der Waals surface area contributed by atoms with Gasteiger partial charge < -0.3 is 5.32 Å². The minimum Gasteiger partial charge on any atom is -0.351 e. The van der Waals surface area contributed by atoms with Crippen molar-refractivity contribution in [1.82, 2.24) is 5.32 Å². The highest BCUT2D eigenvalue weighted by Gasteiger charge is 2.17. The van der Waals surface area contributed by atoms with Gasteiger partial charge in [0.15, 0.2) is 0 Å². The van der Waals surface area contributed by atoms with E-state index in [0.29, 0.717) is 18.0 Å².